The van der Waals surface area contributed by atoms with Gasteiger partial charge in [-0.1, -0.05) is 23.7 Å². The summed E-state index contributed by atoms with van der Waals surface area (Å²) in [5, 5.41) is 0.639. The third-order valence-electron chi connectivity index (χ3n) is 2.24. The Morgan fingerprint density at radius 3 is 2.81 bits per heavy atom. The maximum absolute atomic E-state index is 11.3. The van der Waals surface area contributed by atoms with Gasteiger partial charge in [0.1, 0.15) is 6.04 Å². The predicted molar refractivity (Wildman–Crippen MR) is 64.5 cm³/mol. The Kier molecular flexibility index (Phi) is 4.77. The topological polar surface area (TPSA) is 52.3 Å². The molecule has 0 aromatic heterocycles. The van der Waals surface area contributed by atoms with Crippen LogP contribution in [-0.4, -0.2) is 18.6 Å². The maximum atomic E-state index is 11.3. The summed E-state index contributed by atoms with van der Waals surface area (Å²) in [7, 11) is 0. The molecule has 0 fully saturated rings. The van der Waals surface area contributed by atoms with Gasteiger partial charge in [-0.3, -0.25) is 4.79 Å². The Morgan fingerprint density at radius 2 is 2.25 bits per heavy atom. The van der Waals surface area contributed by atoms with Gasteiger partial charge in [0, 0.05) is 5.02 Å². The number of esters is 1. The summed E-state index contributed by atoms with van der Waals surface area (Å²) in [6, 6.07) is 5.03. The third-order valence-corrected chi connectivity index (χ3v) is 2.59. The SMILES string of the molecule is CCOC(=O)C(N)Cc1ccc(C)cc1Cl. The second-order valence-corrected chi connectivity index (χ2v) is 4.06. The van der Waals surface area contributed by atoms with E-state index < -0.39 is 6.04 Å². The number of halogens is 1. The van der Waals surface area contributed by atoms with Crippen LogP contribution in [0.4, 0.5) is 0 Å². The summed E-state index contributed by atoms with van der Waals surface area (Å²) in [5.74, 6) is -0.390. The van der Waals surface area contributed by atoms with E-state index in [2.05, 4.69) is 0 Å². The number of rotatable bonds is 4. The number of carbonyl (C=O) groups is 1. The molecular formula is C12H16ClNO2. The molecule has 0 bridgehead atoms. The Bertz CT molecular complexity index is 379. The molecule has 0 heterocycles. The molecular weight excluding hydrogens is 226 g/mol. The normalized spacial score (nSPS) is 12.2. The van der Waals surface area contributed by atoms with Crippen LogP contribution in [0.3, 0.4) is 0 Å². The first-order valence-corrected chi connectivity index (χ1v) is 5.59. The van der Waals surface area contributed by atoms with Gasteiger partial charge in [0.15, 0.2) is 0 Å². The number of hydrogen-bond donors (Lipinski definition) is 1. The lowest BCUT2D eigenvalue weighted by atomic mass is 10.1. The van der Waals surface area contributed by atoms with Gasteiger partial charge in [-0.15, -0.1) is 0 Å². The molecule has 0 radical (unpaired) electrons. The molecule has 0 aliphatic heterocycles. The average Bonchev–Trinajstić information content (AvgIpc) is 2.22. The first-order valence-electron chi connectivity index (χ1n) is 5.21. The number of aryl methyl sites for hydroxylation is 1. The average molecular weight is 242 g/mol. The molecule has 0 aliphatic rings. The number of benzene rings is 1. The van der Waals surface area contributed by atoms with Crippen molar-refractivity contribution in [3.05, 3.63) is 34.3 Å². The molecule has 88 valence electrons. The molecule has 1 aromatic carbocycles. The van der Waals surface area contributed by atoms with Crippen molar-refractivity contribution >= 4 is 17.6 Å². The van der Waals surface area contributed by atoms with Crippen molar-refractivity contribution in [2.45, 2.75) is 26.3 Å². The summed E-state index contributed by atoms with van der Waals surface area (Å²) < 4.78 is 4.83. The number of carbonyl (C=O) groups excluding carboxylic acids is 1. The van der Waals surface area contributed by atoms with E-state index in [1.54, 1.807) is 6.92 Å². The summed E-state index contributed by atoms with van der Waals surface area (Å²) in [6.45, 7) is 4.05. The fourth-order valence-electron chi connectivity index (χ4n) is 1.39. The van der Waals surface area contributed by atoms with Crippen molar-refractivity contribution in [1.29, 1.82) is 0 Å². The molecule has 3 nitrogen and oxygen atoms in total. The zero-order valence-corrected chi connectivity index (χ0v) is 10.3. The number of ether oxygens (including phenoxy) is 1. The molecule has 1 rings (SSSR count). The van der Waals surface area contributed by atoms with Crippen molar-refractivity contribution in [2.24, 2.45) is 5.73 Å². The zero-order chi connectivity index (χ0) is 12.1. The molecule has 1 aromatic rings. The zero-order valence-electron chi connectivity index (χ0n) is 9.50. The van der Waals surface area contributed by atoms with E-state index in [4.69, 9.17) is 22.1 Å². The maximum Gasteiger partial charge on any atom is 0.323 e. The van der Waals surface area contributed by atoms with Crippen molar-refractivity contribution in [1.82, 2.24) is 0 Å². The highest BCUT2D eigenvalue weighted by Crippen LogP contribution is 2.18. The Balaban J connectivity index is 2.69. The Labute approximate surface area is 101 Å². The first kappa shape index (κ1) is 13.0. The fraction of sp³-hybridized carbons (Fsp3) is 0.417. The number of hydrogen-bond acceptors (Lipinski definition) is 3. The van der Waals surface area contributed by atoms with Crippen LogP contribution in [0.25, 0.3) is 0 Å². The fourth-order valence-corrected chi connectivity index (χ4v) is 1.70. The highest BCUT2D eigenvalue weighted by molar-refractivity contribution is 6.31. The van der Waals surface area contributed by atoms with Gasteiger partial charge in [0.2, 0.25) is 0 Å². The molecule has 1 atom stereocenters. The van der Waals surface area contributed by atoms with E-state index in [0.29, 0.717) is 18.1 Å². The van der Waals surface area contributed by atoms with Gasteiger partial charge in [-0.2, -0.15) is 0 Å². The van der Waals surface area contributed by atoms with Crippen LogP contribution in [0.2, 0.25) is 5.02 Å². The van der Waals surface area contributed by atoms with E-state index in [1.165, 1.54) is 0 Å². The standard InChI is InChI=1S/C12H16ClNO2/c1-3-16-12(15)11(14)7-9-5-4-8(2)6-10(9)13/h4-6,11H,3,7,14H2,1-2H3. The molecule has 0 saturated carbocycles. The summed E-state index contributed by atoms with van der Waals surface area (Å²) >= 11 is 6.05. The molecule has 0 spiro atoms. The minimum atomic E-state index is -0.653. The van der Waals surface area contributed by atoms with Crippen molar-refractivity contribution < 1.29 is 9.53 Å². The van der Waals surface area contributed by atoms with E-state index in [1.807, 2.05) is 25.1 Å². The monoisotopic (exact) mass is 241 g/mol. The van der Waals surface area contributed by atoms with E-state index in [-0.39, 0.29) is 5.97 Å². The second kappa shape index (κ2) is 5.87. The number of nitrogens with two attached hydrogens (primary N) is 1. The van der Waals surface area contributed by atoms with Crippen molar-refractivity contribution in [2.75, 3.05) is 6.61 Å². The smallest absolute Gasteiger partial charge is 0.323 e. The lowest BCUT2D eigenvalue weighted by Crippen LogP contribution is -2.34. The summed E-state index contributed by atoms with van der Waals surface area (Å²) in [5.41, 5.74) is 7.66. The van der Waals surface area contributed by atoms with Crippen LogP contribution >= 0.6 is 11.6 Å². The van der Waals surface area contributed by atoms with E-state index in [0.717, 1.165) is 11.1 Å². The summed E-state index contributed by atoms with van der Waals surface area (Å²) in [4.78, 5) is 11.3. The molecule has 0 aliphatic carbocycles. The van der Waals surface area contributed by atoms with Crippen LogP contribution in [0.5, 0.6) is 0 Å². The van der Waals surface area contributed by atoms with E-state index >= 15 is 0 Å². The quantitative estimate of drug-likeness (QED) is 0.822. The highest BCUT2D eigenvalue weighted by Gasteiger charge is 2.16. The molecule has 2 N–H and O–H groups in total. The predicted octanol–water partition coefficient (Wildman–Crippen LogP) is 2.08. The second-order valence-electron chi connectivity index (χ2n) is 3.66. The minimum Gasteiger partial charge on any atom is -0.465 e. The van der Waals surface area contributed by atoms with Crippen LogP contribution in [0.15, 0.2) is 18.2 Å². The van der Waals surface area contributed by atoms with Crippen LogP contribution in [0.1, 0.15) is 18.1 Å². The van der Waals surface area contributed by atoms with Crippen LogP contribution < -0.4 is 5.73 Å². The molecule has 1 unspecified atom stereocenters. The van der Waals surface area contributed by atoms with Crippen LogP contribution in [-0.2, 0) is 16.0 Å². The first-order chi connectivity index (χ1) is 7.54. The van der Waals surface area contributed by atoms with Gasteiger partial charge in [0.25, 0.3) is 0 Å². The van der Waals surface area contributed by atoms with Gasteiger partial charge in [-0.05, 0) is 37.5 Å². The van der Waals surface area contributed by atoms with Crippen molar-refractivity contribution in [3.63, 3.8) is 0 Å². The summed E-state index contributed by atoms with van der Waals surface area (Å²) in [6.07, 6.45) is 0.401. The Hall–Kier alpha value is -1.06. The molecule has 4 heteroatoms. The molecule has 16 heavy (non-hydrogen) atoms. The van der Waals surface area contributed by atoms with Crippen molar-refractivity contribution in [3.8, 4) is 0 Å². The van der Waals surface area contributed by atoms with Crippen LogP contribution in [0, 0.1) is 6.92 Å². The van der Waals surface area contributed by atoms with Gasteiger partial charge in [-0.25, -0.2) is 0 Å². The lowest BCUT2D eigenvalue weighted by Gasteiger charge is -2.11. The Morgan fingerprint density at radius 1 is 1.56 bits per heavy atom. The van der Waals surface area contributed by atoms with Gasteiger partial charge >= 0.3 is 5.97 Å². The lowest BCUT2D eigenvalue weighted by molar-refractivity contribution is -0.144. The molecule has 0 amide bonds. The molecule has 0 saturated heterocycles. The van der Waals surface area contributed by atoms with E-state index in [9.17, 15) is 4.79 Å². The van der Waals surface area contributed by atoms with Gasteiger partial charge < -0.3 is 10.5 Å². The minimum absolute atomic E-state index is 0.341. The highest BCUT2D eigenvalue weighted by atomic mass is 35.5. The van der Waals surface area contributed by atoms with Gasteiger partial charge in [0.05, 0.1) is 6.61 Å². The third kappa shape index (κ3) is 3.51. The largest absolute Gasteiger partial charge is 0.465 e.